The first-order valence-electron chi connectivity index (χ1n) is 4.23. The SMILES string of the molecule is C#Cc1ccc(N=C(N)N=C(N)N)c(F)c1. The van der Waals surface area contributed by atoms with Gasteiger partial charge < -0.3 is 17.2 Å². The maximum atomic E-state index is 13.4. The molecule has 0 aliphatic carbocycles. The van der Waals surface area contributed by atoms with Crippen molar-refractivity contribution in [2.75, 3.05) is 0 Å². The number of nitrogens with two attached hydrogens (primary N) is 3. The molecule has 1 aromatic carbocycles. The number of guanidine groups is 2. The van der Waals surface area contributed by atoms with Crippen molar-refractivity contribution in [1.82, 2.24) is 0 Å². The van der Waals surface area contributed by atoms with E-state index in [0.29, 0.717) is 5.56 Å². The molecule has 1 aromatic rings. The lowest BCUT2D eigenvalue weighted by Crippen LogP contribution is -2.26. The maximum absolute atomic E-state index is 13.4. The lowest BCUT2D eigenvalue weighted by Gasteiger charge is -1.98. The van der Waals surface area contributed by atoms with E-state index < -0.39 is 5.82 Å². The number of benzene rings is 1. The molecule has 1 rings (SSSR count). The largest absolute Gasteiger partial charge is 0.370 e. The van der Waals surface area contributed by atoms with Crippen LogP contribution in [-0.4, -0.2) is 11.9 Å². The van der Waals surface area contributed by atoms with Crippen LogP contribution in [0.25, 0.3) is 0 Å². The van der Waals surface area contributed by atoms with Crippen LogP contribution in [0.4, 0.5) is 10.1 Å². The van der Waals surface area contributed by atoms with Crippen LogP contribution in [0.1, 0.15) is 5.56 Å². The summed E-state index contributed by atoms with van der Waals surface area (Å²) < 4.78 is 13.4. The molecule has 82 valence electrons. The number of rotatable bonds is 1. The van der Waals surface area contributed by atoms with Crippen LogP contribution in [0.15, 0.2) is 28.2 Å². The molecule has 0 saturated carbocycles. The second kappa shape index (κ2) is 4.79. The molecule has 0 unspecified atom stereocenters. The fraction of sp³-hybridized carbons (Fsp3) is 0. The predicted molar refractivity (Wildman–Crippen MR) is 61.4 cm³/mol. The summed E-state index contributed by atoms with van der Waals surface area (Å²) in [6.45, 7) is 0. The van der Waals surface area contributed by atoms with Crippen molar-refractivity contribution in [3.8, 4) is 12.3 Å². The van der Waals surface area contributed by atoms with Crippen molar-refractivity contribution in [2.45, 2.75) is 0 Å². The monoisotopic (exact) mass is 219 g/mol. The highest BCUT2D eigenvalue weighted by Crippen LogP contribution is 2.18. The van der Waals surface area contributed by atoms with E-state index in [2.05, 4.69) is 15.9 Å². The van der Waals surface area contributed by atoms with Crippen molar-refractivity contribution in [3.05, 3.63) is 29.6 Å². The molecule has 0 bridgehead atoms. The third kappa shape index (κ3) is 2.99. The molecule has 0 spiro atoms. The van der Waals surface area contributed by atoms with Crippen LogP contribution in [0.5, 0.6) is 0 Å². The molecular formula is C10H10FN5. The van der Waals surface area contributed by atoms with E-state index in [4.69, 9.17) is 23.6 Å². The molecule has 0 fully saturated rings. The average molecular weight is 219 g/mol. The van der Waals surface area contributed by atoms with E-state index >= 15 is 0 Å². The summed E-state index contributed by atoms with van der Waals surface area (Å²) in [6.07, 6.45) is 5.10. The van der Waals surface area contributed by atoms with Crippen molar-refractivity contribution >= 4 is 17.6 Å². The number of aliphatic imine (C=N–C) groups is 2. The molecule has 0 amide bonds. The highest BCUT2D eigenvalue weighted by Gasteiger charge is 2.02. The van der Waals surface area contributed by atoms with Gasteiger partial charge in [0.25, 0.3) is 0 Å². The van der Waals surface area contributed by atoms with Gasteiger partial charge in [0.1, 0.15) is 11.5 Å². The highest BCUT2D eigenvalue weighted by atomic mass is 19.1. The molecule has 16 heavy (non-hydrogen) atoms. The van der Waals surface area contributed by atoms with Crippen LogP contribution < -0.4 is 17.2 Å². The van der Waals surface area contributed by atoms with Gasteiger partial charge in [-0.15, -0.1) is 6.42 Å². The summed E-state index contributed by atoms with van der Waals surface area (Å²) in [6, 6.07) is 4.09. The van der Waals surface area contributed by atoms with Gasteiger partial charge in [-0.2, -0.15) is 4.99 Å². The average Bonchev–Trinajstić information content (AvgIpc) is 2.19. The Balaban J connectivity index is 3.08. The lowest BCUT2D eigenvalue weighted by molar-refractivity contribution is 0.629. The van der Waals surface area contributed by atoms with Gasteiger partial charge in [-0.05, 0) is 18.2 Å². The van der Waals surface area contributed by atoms with E-state index in [1.165, 1.54) is 18.2 Å². The minimum atomic E-state index is -0.593. The molecule has 0 aliphatic rings. The zero-order chi connectivity index (χ0) is 12.1. The van der Waals surface area contributed by atoms with Gasteiger partial charge in [-0.25, -0.2) is 9.38 Å². The third-order valence-corrected chi connectivity index (χ3v) is 1.59. The van der Waals surface area contributed by atoms with Crippen molar-refractivity contribution in [1.29, 1.82) is 0 Å². The summed E-state index contributed by atoms with van der Waals surface area (Å²) in [7, 11) is 0. The van der Waals surface area contributed by atoms with Crippen molar-refractivity contribution < 1.29 is 4.39 Å². The maximum Gasteiger partial charge on any atom is 0.223 e. The first-order chi connectivity index (χ1) is 7.52. The molecule has 0 heterocycles. The predicted octanol–water partition coefficient (Wildman–Crippen LogP) is 0.0266. The second-order valence-corrected chi connectivity index (χ2v) is 2.82. The van der Waals surface area contributed by atoms with Crippen LogP contribution >= 0.6 is 0 Å². The lowest BCUT2D eigenvalue weighted by atomic mass is 10.2. The summed E-state index contributed by atoms with van der Waals surface area (Å²) in [4.78, 5) is 7.13. The Morgan fingerprint density at radius 3 is 2.50 bits per heavy atom. The molecule has 0 radical (unpaired) electrons. The third-order valence-electron chi connectivity index (χ3n) is 1.59. The Morgan fingerprint density at radius 2 is 2.00 bits per heavy atom. The van der Waals surface area contributed by atoms with Crippen molar-refractivity contribution in [3.63, 3.8) is 0 Å². The topological polar surface area (TPSA) is 103 Å². The number of halogens is 1. The second-order valence-electron chi connectivity index (χ2n) is 2.82. The standard InChI is InChI=1S/C10H10FN5/c1-2-6-3-4-8(7(11)5-6)15-10(14)16-9(12)13/h1,3-5H,(H6,12,13,14,15,16). The number of hydrogen-bond donors (Lipinski definition) is 3. The number of nitrogens with zero attached hydrogens (tertiary/aromatic N) is 2. The Kier molecular flexibility index (Phi) is 3.45. The number of terminal acetylenes is 1. The van der Waals surface area contributed by atoms with Gasteiger partial charge >= 0.3 is 0 Å². The Morgan fingerprint density at radius 1 is 1.31 bits per heavy atom. The quantitative estimate of drug-likeness (QED) is 0.352. The van der Waals surface area contributed by atoms with Gasteiger partial charge in [0, 0.05) is 5.56 Å². The fourth-order valence-corrected chi connectivity index (χ4v) is 0.968. The van der Waals surface area contributed by atoms with Crippen LogP contribution in [0, 0.1) is 18.2 Å². The van der Waals surface area contributed by atoms with Gasteiger partial charge in [-0.1, -0.05) is 5.92 Å². The van der Waals surface area contributed by atoms with Gasteiger partial charge in [0.05, 0.1) is 0 Å². The van der Waals surface area contributed by atoms with Gasteiger partial charge in [0.15, 0.2) is 5.96 Å². The minimum Gasteiger partial charge on any atom is -0.370 e. The van der Waals surface area contributed by atoms with Gasteiger partial charge in [0.2, 0.25) is 5.96 Å². The number of hydrogen-bond acceptors (Lipinski definition) is 1. The Hall–Kier alpha value is -2.55. The molecule has 6 N–H and O–H groups in total. The molecule has 0 atom stereocenters. The van der Waals surface area contributed by atoms with E-state index in [-0.39, 0.29) is 17.6 Å². The van der Waals surface area contributed by atoms with Crippen LogP contribution in [-0.2, 0) is 0 Å². The minimum absolute atomic E-state index is 0.0153. The molecular weight excluding hydrogens is 209 g/mol. The van der Waals surface area contributed by atoms with Gasteiger partial charge in [-0.3, -0.25) is 0 Å². The summed E-state index contributed by atoms with van der Waals surface area (Å²) in [5.74, 6) is 1.22. The summed E-state index contributed by atoms with van der Waals surface area (Å²) in [5.41, 5.74) is 15.9. The van der Waals surface area contributed by atoms with Crippen LogP contribution in [0.2, 0.25) is 0 Å². The Bertz CT molecular complexity index is 494. The summed E-state index contributed by atoms with van der Waals surface area (Å²) in [5, 5.41) is 0. The summed E-state index contributed by atoms with van der Waals surface area (Å²) >= 11 is 0. The Labute approximate surface area is 91.9 Å². The fourth-order valence-electron chi connectivity index (χ4n) is 0.968. The van der Waals surface area contributed by atoms with Crippen LogP contribution in [0.3, 0.4) is 0 Å². The normalized spacial score (nSPS) is 10.6. The van der Waals surface area contributed by atoms with E-state index in [1.807, 2.05) is 0 Å². The van der Waals surface area contributed by atoms with E-state index in [0.717, 1.165) is 0 Å². The molecule has 5 nitrogen and oxygen atoms in total. The highest BCUT2D eigenvalue weighted by molar-refractivity contribution is 5.93. The first kappa shape index (κ1) is 11.5. The zero-order valence-corrected chi connectivity index (χ0v) is 8.31. The molecule has 0 aliphatic heterocycles. The first-order valence-corrected chi connectivity index (χ1v) is 4.23. The van der Waals surface area contributed by atoms with E-state index in [1.54, 1.807) is 0 Å². The smallest absolute Gasteiger partial charge is 0.223 e. The molecule has 0 saturated heterocycles. The molecule has 0 aromatic heterocycles. The zero-order valence-electron chi connectivity index (χ0n) is 8.31. The van der Waals surface area contributed by atoms with E-state index in [9.17, 15) is 4.39 Å². The van der Waals surface area contributed by atoms with Crippen molar-refractivity contribution in [2.24, 2.45) is 27.2 Å². The molecule has 6 heteroatoms.